The standard InChI is InChI=1S/C32H43N7O/c1-21-30-26-16-28(25-4-2-3-5-29(25)40)35-36-31(26)34-27(30)10-15-39(21)23-8-13-37(14-9-23)24-17-32(18-24)19-38(20-32)22-6-11-33-12-7-22/h2-5,16,21-24,33,40H,6-15,17-20H2,1H3,(H,34,36)/t21-/m1/s1. The fourth-order valence-electron chi connectivity index (χ4n) is 8.94. The predicted octanol–water partition coefficient (Wildman–Crippen LogP) is 3.93. The summed E-state index contributed by atoms with van der Waals surface area (Å²) in [6.07, 6.45) is 9.11. The SMILES string of the molecule is C[C@@H]1c2c([nH]c3nnc(-c4ccccc4O)cc23)CCN1C1CCN(C2CC3(C2)CN(C2CCNCC2)C3)CC1. The zero-order valence-corrected chi connectivity index (χ0v) is 23.8. The number of benzene rings is 1. The monoisotopic (exact) mass is 541 g/mol. The Morgan fingerprint density at radius 1 is 0.900 bits per heavy atom. The molecule has 40 heavy (non-hydrogen) atoms. The highest BCUT2D eigenvalue weighted by atomic mass is 16.3. The summed E-state index contributed by atoms with van der Waals surface area (Å²) in [6, 6.07) is 12.2. The van der Waals surface area contributed by atoms with Crippen LogP contribution in [-0.2, 0) is 6.42 Å². The van der Waals surface area contributed by atoms with Gasteiger partial charge in [0.25, 0.3) is 0 Å². The molecule has 1 aromatic carbocycles. The van der Waals surface area contributed by atoms with Crippen LogP contribution in [-0.4, -0.2) is 98.9 Å². The molecule has 8 rings (SSSR count). The number of nitrogens with one attached hydrogen (secondary N) is 2. The Balaban J connectivity index is 0.905. The Morgan fingerprint density at radius 3 is 2.45 bits per heavy atom. The molecule has 5 aliphatic rings. The van der Waals surface area contributed by atoms with Crippen molar-refractivity contribution in [2.45, 2.75) is 76.0 Å². The third-order valence-electron chi connectivity index (χ3n) is 11.1. The number of H-pyrrole nitrogens is 1. The maximum Gasteiger partial charge on any atom is 0.160 e. The number of aromatic amines is 1. The maximum absolute atomic E-state index is 10.4. The van der Waals surface area contributed by atoms with Crippen LogP contribution in [0.25, 0.3) is 22.3 Å². The van der Waals surface area contributed by atoms with Gasteiger partial charge in [-0.05, 0) is 101 Å². The van der Waals surface area contributed by atoms with Crippen LogP contribution in [0, 0.1) is 5.41 Å². The van der Waals surface area contributed by atoms with E-state index in [1.165, 1.54) is 89.1 Å². The first-order valence-corrected chi connectivity index (χ1v) is 15.7. The molecule has 8 nitrogen and oxygen atoms in total. The number of rotatable bonds is 4. The van der Waals surface area contributed by atoms with Gasteiger partial charge in [0.2, 0.25) is 0 Å². The lowest BCUT2D eigenvalue weighted by molar-refractivity contribution is -0.132. The van der Waals surface area contributed by atoms with Gasteiger partial charge in [-0.3, -0.25) is 9.80 Å². The van der Waals surface area contributed by atoms with Crippen LogP contribution in [0.4, 0.5) is 0 Å². The number of phenols is 1. The third-order valence-corrected chi connectivity index (χ3v) is 11.1. The van der Waals surface area contributed by atoms with Gasteiger partial charge in [0.1, 0.15) is 5.75 Å². The van der Waals surface area contributed by atoms with Gasteiger partial charge in [-0.2, -0.15) is 0 Å². The van der Waals surface area contributed by atoms with Crippen LogP contribution in [0.5, 0.6) is 5.75 Å². The van der Waals surface area contributed by atoms with Crippen molar-refractivity contribution in [3.63, 3.8) is 0 Å². The van der Waals surface area contributed by atoms with Crippen LogP contribution in [0.3, 0.4) is 0 Å². The normalized spacial score (nSPS) is 27.1. The molecule has 0 radical (unpaired) electrons. The summed E-state index contributed by atoms with van der Waals surface area (Å²) in [4.78, 5) is 11.9. The van der Waals surface area contributed by atoms with Gasteiger partial charge in [0.05, 0.1) is 5.69 Å². The number of hydrogen-bond acceptors (Lipinski definition) is 7. The minimum absolute atomic E-state index is 0.246. The van der Waals surface area contributed by atoms with Crippen LogP contribution in [0.2, 0.25) is 0 Å². The molecule has 1 aliphatic carbocycles. The van der Waals surface area contributed by atoms with Gasteiger partial charge in [0, 0.05) is 66.9 Å². The first-order valence-electron chi connectivity index (χ1n) is 15.7. The number of aromatic hydroxyl groups is 1. The number of likely N-dealkylation sites (tertiary alicyclic amines) is 2. The molecular weight excluding hydrogens is 498 g/mol. The molecule has 4 aliphatic heterocycles. The number of nitrogens with zero attached hydrogens (tertiary/aromatic N) is 5. The largest absolute Gasteiger partial charge is 0.507 e. The highest BCUT2D eigenvalue weighted by Gasteiger charge is 2.55. The molecule has 1 spiro atoms. The lowest BCUT2D eigenvalue weighted by Gasteiger charge is -2.63. The molecule has 0 unspecified atom stereocenters. The van der Waals surface area contributed by atoms with Crippen molar-refractivity contribution in [1.29, 1.82) is 0 Å². The lowest BCUT2D eigenvalue weighted by Crippen LogP contribution is -2.69. The average Bonchev–Trinajstić information content (AvgIpc) is 3.32. The highest BCUT2D eigenvalue weighted by molar-refractivity contribution is 5.86. The number of phenolic OH excluding ortho intramolecular Hbond substituents is 1. The first-order chi connectivity index (χ1) is 19.6. The highest BCUT2D eigenvalue weighted by Crippen LogP contribution is 2.52. The van der Waals surface area contributed by atoms with E-state index in [1.54, 1.807) is 6.07 Å². The van der Waals surface area contributed by atoms with E-state index < -0.39 is 0 Å². The van der Waals surface area contributed by atoms with E-state index >= 15 is 0 Å². The summed E-state index contributed by atoms with van der Waals surface area (Å²) < 4.78 is 0. The predicted molar refractivity (Wildman–Crippen MR) is 157 cm³/mol. The van der Waals surface area contributed by atoms with Gasteiger partial charge in [-0.15, -0.1) is 10.2 Å². The van der Waals surface area contributed by atoms with Gasteiger partial charge in [-0.25, -0.2) is 0 Å². The molecular formula is C32H43N7O. The molecule has 3 saturated heterocycles. The molecule has 3 N–H and O–H groups in total. The van der Waals surface area contributed by atoms with E-state index in [0.29, 0.717) is 17.5 Å². The van der Waals surface area contributed by atoms with E-state index in [1.807, 2.05) is 18.2 Å². The van der Waals surface area contributed by atoms with Crippen molar-refractivity contribution >= 4 is 11.0 Å². The molecule has 0 bridgehead atoms. The zero-order chi connectivity index (χ0) is 26.8. The second kappa shape index (κ2) is 9.79. The van der Waals surface area contributed by atoms with Crippen molar-refractivity contribution in [3.05, 3.63) is 41.6 Å². The average molecular weight is 542 g/mol. The van der Waals surface area contributed by atoms with Crippen molar-refractivity contribution in [2.75, 3.05) is 45.8 Å². The number of piperidine rings is 2. The van der Waals surface area contributed by atoms with Crippen molar-refractivity contribution < 1.29 is 5.11 Å². The van der Waals surface area contributed by atoms with Crippen LogP contribution >= 0.6 is 0 Å². The van der Waals surface area contributed by atoms with Crippen LogP contribution in [0.1, 0.15) is 62.7 Å². The zero-order valence-electron chi connectivity index (χ0n) is 23.8. The van der Waals surface area contributed by atoms with Gasteiger partial charge in [-0.1, -0.05) is 12.1 Å². The molecule has 4 fully saturated rings. The lowest BCUT2D eigenvalue weighted by atomic mass is 9.59. The number of aromatic nitrogens is 3. The summed E-state index contributed by atoms with van der Waals surface area (Å²) in [7, 11) is 0. The van der Waals surface area contributed by atoms with E-state index in [-0.39, 0.29) is 5.75 Å². The Labute approximate surface area is 237 Å². The third kappa shape index (κ3) is 4.18. The topological polar surface area (TPSA) is 83.5 Å². The van der Waals surface area contributed by atoms with E-state index in [2.05, 4.69) is 48.2 Å². The summed E-state index contributed by atoms with van der Waals surface area (Å²) in [5.74, 6) is 0.246. The molecule has 6 heterocycles. The number of fused-ring (bicyclic) bond motifs is 3. The number of hydrogen-bond donors (Lipinski definition) is 3. The van der Waals surface area contributed by atoms with Gasteiger partial charge in [0.15, 0.2) is 5.65 Å². The maximum atomic E-state index is 10.4. The Hall–Kier alpha value is -2.52. The molecule has 3 aromatic rings. The molecule has 1 atom stereocenters. The smallest absolute Gasteiger partial charge is 0.160 e. The second-order valence-electron chi connectivity index (χ2n) is 13.4. The Bertz CT molecular complexity index is 1380. The van der Waals surface area contributed by atoms with E-state index in [4.69, 9.17) is 0 Å². The van der Waals surface area contributed by atoms with Crippen molar-refractivity contribution in [1.82, 2.24) is 35.2 Å². The fourth-order valence-corrected chi connectivity index (χ4v) is 8.94. The molecule has 212 valence electrons. The molecule has 0 amide bonds. The fraction of sp³-hybridized carbons (Fsp3) is 0.625. The summed E-state index contributed by atoms with van der Waals surface area (Å²) in [5, 5.41) is 24.0. The van der Waals surface area contributed by atoms with Crippen LogP contribution < -0.4 is 5.32 Å². The number of para-hydroxylation sites is 1. The minimum atomic E-state index is 0.246. The Morgan fingerprint density at radius 2 is 1.68 bits per heavy atom. The Kier molecular flexibility index (Phi) is 6.17. The van der Waals surface area contributed by atoms with Crippen LogP contribution in [0.15, 0.2) is 30.3 Å². The van der Waals surface area contributed by atoms with Gasteiger partial charge >= 0.3 is 0 Å². The van der Waals surface area contributed by atoms with E-state index in [0.717, 1.165) is 47.3 Å². The minimum Gasteiger partial charge on any atom is -0.507 e. The van der Waals surface area contributed by atoms with Crippen molar-refractivity contribution in [3.8, 4) is 17.0 Å². The quantitative estimate of drug-likeness (QED) is 0.462. The summed E-state index contributed by atoms with van der Waals surface area (Å²) in [5.41, 5.74) is 5.66. The first kappa shape index (κ1) is 25.2. The molecule has 2 aromatic heterocycles. The summed E-state index contributed by atoms with van der Waals surface area (Å²) in [6.45, 7) is 11.1. The molecule has 1 saturated carbocycles. The van der Waals surface area contributed by atoms with Crippen molar-refractivity contribution in [2.24, 2.45) is 5.41 Å². The second-order valence-corrected chi connectivity index (χ2v) is 13.4. The van der Waals surface area contributed by atoms with Gasteiger partial charge < -0.3 is 20.3 Å². The molecule has 8 heteroatoms. The van der Waals surface area contributed by atoms with E-state index in [9.17, 15) is 5.11 Å². The summed E-state index contributed by atoms with van der Waals surface area (Å²) >= 11 is 0.